The molecule has 2 saturated heterocycles. The number of likely N-dealkylation sites (tertiary alicyclic amines) is 2. The Labute approximate surface area is 112 Å². The maximum atomic E-state index is 9.00. The molecule has 2 fully saturated rings. The SMILES string of the molecule is CC(C)(C#N)CCCN1CCC(N2CCCC2)C1. The largest absolute Gasteiger partial charge is 0.302 e. The molecule has 18 heavy (non-hydrogen) atoms. The molecule has 0 aromatic carbocycles. The van der Waals surface area contributed by atoms with E-state index >= 15 is 0 Å². The fraction of sp³-hybridized carbons (Fsp3) is 0.933. The Hall–Kier alpha value is -0.590. The van der Waals surface area contributed by atoms with E-state index in [4.69, 9.17) is 5.26 Å². The van der Waals surface area contributed by atoms with Crippen LogP contribution in [0.1, 0.15) is 46.0 Å². The molecule has 2 aliphatic rings. The van der Waals surface area contributed by atoms with Gasteiger partial charge in [0.25, 0.3) is 0 Å². The molecule has 1 atom stereocenters. The molecule has 102 valence electrons. The van der Waals surface area contributed by atoms with Crippen molar-refractivity contribution in [2.75, 3.05) is 32.7 Å². The molecule has 2 aliphatic heterocycles. The molecule has 2 heterocycles. The predicted molar refractivity (Wildman–Crippen MR) is 74.3 cm³/mol. The summed E-state index contributed by atoms with van der Waals surface area (Å²) in [5.74, 6) is 0. The van der Waals surface area contributed by atoms with Crippen LogP contribution in [0, 0.1) is 16.7 Å². The van der Waals surface area contributed by atoms with Gasteiger partial charge in [-0.25, -0.2) is 0 Å². The summed E-state index contributed by atoms with van der Waals surface area (Å²) in [6.45, 7) is 10.4. The zero-order valence-corrected chi connectivity index (χ0v) is 12.0. The highest BCUT2D eigenvalue weighted by Crippen LogP contribution is 2.23. The summed E-state index contributed by atoms with van der Waals surface area (Å²) in [7, 11) is 0. The first-order valence-corrected chi connectivity index (χ1v) is 7.48. The van der Waals surface area contributed by atoms with E-state index in [1.807, 2.05) is 13.8 Å². The van der Waals surface area contributed by atoms with Crippen LogP contribution in [0.2, 0.25) is 0 Å². The number of rotatable bonds is 5. The van der Waals surface area contributed by atoms with E-state index in [0.717, 1.165) is 18.9 Å². The van der Waals surface area contributed by atoms with Crippen LogP contribution in [0.5, 0.6) is 0 Å². The highest BCUT2D eigenvalue weighted by atomic mass is 15.3. The molecule has 0 N–H and O–H groups in total. The second-order valence-electron chi connectivity index (χ2n) is 6.59. The second kappa shape index (κ2) is 6.04. The van der Waals surface area contributed by atoms with Crippen LogP contribution >= 0.6 is 0 Å². The van der Waals surface area contributed by atoms with Gasteiger partial charge in [-0.2, -0.15) is 5.26 Å². The minimum atomic E-state index is -0.145. The van der Waals surface area contributed by atoms with E-state index in [9.17, 15) is 0 Å². The lowest BCUT2D eigenvalue weighted by Gasteiger charge is -2.24. The Morgan fingerprint density at radius 3 is 2.61 bits per heavy atom. The number of nitriles is 1. The molecule has 0 amide bonds. The third-order valence-electron chi connectivity index (χ3n) is 4.48. The first-order chi connectivity index (χ1) is 8.61. The molecule has 0 bridgehead atoms. The van der Waals surface area contributed by atoms with Gasteiger partial charge in [0.2, 0.25) is 0 Å². The molecule has 0 aliphatic carbocycles. The molecular formula is C15H27N3. The van der Waals surface area contributed by atoms with Crippen LogP contribution in [-0.4, -0.2) is 48.6 Å². The summed E-state index contributed by atoms with van der Waals surface area (Å²) in [5.41, 5.74) is -0.145. The van der Waals surface area contributed by atoms with Crippen molar-refractivity contribution in [1.29, 1.82) is 5.26 Å². The second-order valence-corrected chi connectivity index (χ2v) is 6.59. The lowest BCUT2D eigenvalue weighted by atomic mass is 9.90. The quantitative estimate of drug-likeness (QED) is 0.750. The van der Waals surface area contributed by atoms with Gasteiger partial charge < -0.3 is 4.90 Å². The van der Waals surface area contributed by atoms with E-state index in [1.54, 1.807) is 0 Å². The number of nitrogens with zero attached hydrogens (tertiary/aromatic N) is 3. The normalized spacial score (nSPS) is 26.6. The van der Waals surface area contributed by atoms with Crippen molar-refractivity contribution in [3.8, 4) is 6.07 Å². The molecule has 0 saturated carbocycles. The van der Waals surface area contributed by atoms with Crippen molar-refractivity contribution in [1.82, 2.24) is 9.80 Å². The van der Waals surface area contributed by atoms with Gasteiger partial charge in [-0.1, -0.05) is 0 Å². The molecule has 1 unspecified atom stereocenters. The Morgan fingerprint density at radius 2 is 1.94 bits per heavy atom. The molecule has 0 aromatic heterocycles. The van der Waals surface area contributed by atoms with Crippen molar-refractivity contribution in [3.63, 3.8) is 0 Å². The average Bonchev–Trinajstić information content (AvgIpc) is 2.98. The van der Waals surface area contributed by atoms with Crippen LogP contribution < -0.4 is 0 Å². The van der Waals surface area contributed by atoms with Gasteiger partial charge in [0, 0.05) is 12.6 Å². The maximum absolute atomic E-state index is 9.00. The van der Waals surface area contributed by atoms with Crippen molar-refractivity contribution >= 4 is 0 Å². The van der Waals surface area contributed by atoms with E-state index < -0.39 is 0 Å². The smallest absolute Gasteiger partial charge is 0.0683 e. The van der Waals surface area contributed by atoms with Crippen LogP contribution in [-0.2, 0) is 0 Å². The van der Waals surface area contributed by atoms with E-state index in [2.05, 4.69) is 15.9 Å². The van der Waals surface area contributed by atoms with Gasteiger partial charge in [0.05, 0.1) is 11.5 Å². The Morgan fingerprint density at radius 1 is 1.22 bits per heavy atom. The first kappa shape index (κ1) is 13.8. The summed E-state index contributed by atoms with van der Waals surface area (Å²) in [6.07, 6.45) is 6.32. The summed E-state index contributed by atoms with van der Waals surface area (Å²) < 4.78 is 0. The van der Waals surface area contributed by atoms with Crippen LogP contribution in [0.3, 0.4) is 0 Å². The van der Waals surface area contributed by atoms with Crippen molar-refractivity contribution in [2.45, 2.75) is 52.0 Å². The maximum Gasteiger partial charge on any atom is 0.0683 e. The Bertz CT molecular complexity index is 299. The number of hydrogen-bond donors (Lipinski definition) is 0. The zero-order chi connectivity index (χ0) is 13.0. The van der Waals surface area contributed by atoms with Gasteiger partial charge in [0.1, 0.15) is 0 Å². The van der Waals surface area contributed by atoms with Crippen molar-refractivity contribution in [2.24, 2.45) is 5.41 Å². The molecule has 0 spiro atoms. The number of hydrogen-bond acceptors (Lipinski definition) is 3. The first-order valence-electron chi connectivity index (χ1n) is 7.48. The predicted octanol–water partition coefficient (Wildman–Crippen LogP) is 2.49. The Kier molecular flexibility index (Phi) is 4.64. The zero-order valence-electron chi connectivity index (χ0n) is 12.0. The molecule has 2 rings (SSSR count). The molecule has 3 heteroatoms. The van der Waals surface area contributed by atoms with Crippen LogP contribution in [0.15, 0.2) is 0 Å². The van der Waals surface area contributed by atoms with Gasteiger partial charge >= 0.3 is 0 Å². The Balaban J connectivity index is 1.65. The highest BCUT2D eigenvalue weighted by Gasteiger charge is 2.29. The summed E-state index contributed by atoms with van der Waals surface area (Å²) in [5, 5.41) is 9.00. The molecule has 0 radical (unpaired) electrons. The third kappa shape index (κ3) is 3.70. The minimum Gasteiger partial charge on any atom is -0.302 e. The fourth-order valence-electron chi connectivity index (χ4n) is 3.22. The topological polar surface area (TPSA) is 30.3 Å². The van der Waals surface area contributed by atoms with Crippen LogP contribution in [0.4, 0.5) is 0 Å². The van der Waals surface area contributed by atoms with Gasteiger partial charge in [-0.15, -0.1) is 0 Å². The summed E-state index contributed by atoms with van der Waals surface area (Å²) >= 11 is 0. The fourth-order valence-corrected chi connectivity index (χ4v) is 3.22. The monoisotopic (exact) mass is 249 g/mol. The van der Waals surface area contributed by atoms with Gasteiger partial charge in [0.15, 0.2) is 0 Å². The van der Waals surface area contributed by atoms with Crippen molar-refractivity contribution in [3.05, 3.63) is 0 Å². The molecular weight excluding hydrogens is 222 g/mol. The van der Waals surface area contributed by atoms with E-state index in [1.165, 1.54) is 52.0 Å². The lowest BCUT2D eigenvalue weighted by molar-refractivity contribution is 0.228. The molecule has 3 nitrogen and oxygen atoms in total. The van der Waals surface area contributed by atoms with Crippen molar-refractivity contribution < 1.29 is 0 Å². The van der Waals surface area contributed by atoms with Gasteiger partial charge in [-0.3, -0.25) is 4.90 Å². The standard InChI is InChI=1S/C15H27N3/c1-15(2,13-16)7-5-8-17-11-6-14(12-17)18-9-3-4-10-18/h14H,3-12H2,1-2H3. The molecule has 0 aromatic rings. The lowest BCUT2D eigenvalue weighted by Crippen LogP contribution is -2.35. The van der Waals surface area contributed by atoms with Gasteiger partial charge in [-0.05, 0) is 72.1 Å². The third-order valence-corrected chi connectivity index (χ3v) is 4.48. The highest BCUT2D eigenvalue weighted by molar-refractivity contribution is 4.92. The van der Waals surface area contributed by atoms with E-state index in [0.29, 0.717) is 0 Å². The van der Waals surface area contributed by atoms with Crippen LogP contribution in [0.25, 0.3) is 0 Å². The summed E-state index contributed by atoms with van der Waals surface area (Å²) in [4.78, 5) is 5.27. The average molecular weight is 249 g/mol. The summed E-state index contributed by atoms with van der Waals surface area (Å²) in [6, 6.07) is 3.21. The minimum absolute atomic E-state index is 0.145. The van der Waals surface area contributed by atoms with E-state index in [-0.39, 0.29) is 5.41 Å².